The highest BCUT2D eigenvalue weighted by Gasteiger charge is 2.24. The van der Waals surface area contributed by atoms with Crippen LogP contribution in [0.15, 0.2) is 156 Å². The number of fused-ring (bicyclic) bond motifs is 11. The average Bonchev–Trinajstić information content (AvgIpc) is 3.68. The van der Waals surface area contributed by atoms with Crippen LogP contribution in [0.2, 0.25) is 0 Å². The van der Waals surface area contributed by atoms with Crippen molar-refractivity contribution >= 4 is 103 Å². The third kappa shape index (κ3) is 3.56. The van der Waals surface area contributed by atoms with Gasteiger partial charge in [-0.3, -0.25) is 0 Å². The van der Waals surface area contributed by atoms with Gasteiger partial charge in [-0.1, -0.05) is 115 Å². The SMILES string of the molecule is c1ccc2c(c1)ccc1c3cccc(N(c4cccc5c4oc4ccccc45)c4cccc5sc6ccccc6c45)c3ccc21. The standard InChI is InChI=1S/C42H25NOS/c1-2-11-27-26(10-1)22-23-30-28-14-7-16-35(31(28)25-24-29(27)30)43(36-17-9-21-40-41(36)34-13-4-6-20-39(34)45-40)37-18-8-15-33-32-12-3-5-19-38(32)44-42(33)37/h1-25H. The second kappa shape index (κ2) is 9.43. The predicted molar refractivity (Wildman–Crippen MR) is 194 cm³/mol. The lowest BCUT2D eigenvalue weighted by Gasteiger charge is -2.28. The van der Waals surface area contributed by atoms with Crippen molar-refractivity contribution in [3.63, 3.8) is 0 Å². The quantitative estimate of drug-likeness (QED) is 0.190. The van der Waals surface area contributed by atoms with Gasteiger partial charge in [0.25, 0.3) is 0 Å². The molecule has 0 unspecified atom stereocenters. The minimum absolute atomic E-state index is 0.888. The van der Waals surface area contributed by atoms with E-state index in [1.165, 1.54) is 52.5 Å². The Morgan fingerprint density at radius 3 is 1.91 bits per heavy atom. The first-order valence-electron chi connectivity index (χ1n) is 15.3. The Morgan fingerprint density at radius 1 is 0.378 bits per heavy atom. The van der Waals surface area contributed by atoms with E-state index in [-0.39, 0.29) is 0 Å². The molecule has 0 bridgehead atoms. The summed E-state index contributed by atoms with van der Waals surface area (Å²) in [5, 5.41) is 12.3. The van der Waals surface area contributed by atoms with Crippen LogP contribution in [0.1, 0.15) is 0 Å². The first kappa shape index (κ1) is 24.8. The summed E-state index contributed by atoms with van der Waals surface area (Å²) in [7, 11) is 0. The molecular weight excluding hydrogens is 567 g/mol. The number of anilines is 3. The summed E-state index contributed by atoms with van der Waals surface area (Å²) < 4.78 is 9.24. The van der Waals surface area contributed by atoms with Gasteiger partial charge in [0, 0.05) is 36.3 Å². The third-order valence-corrected chi connectivity index (χ3v) is 10.4. The monoisotopic (exact) mass is 591 g/mol. The molecule has 0 atom stereocenters. The molecule has 10 rings (SSSR count). The molecule has 2 aromatic heterocycles. The van der Waals surface area contributed by atoms with Gasteiger partial charge in [-0.2, -0.15) is 0 Å². The number of nitrogens with zero attached hydrogens (tertiary/aromatic N) is 1. The van der Waals surface area contributed by atoms with Crippen molar-refractivity contribution in [2.75, 3.05) is 4.90 Å². The van der Waals surface area contributed by atoms with Gasteiger partial charge < -0.3 is 9.32 Å². The van der Waals surface area contributed by atoms with E-state index >= 15 is 0 Å². The third-order valence-electron chi connectivity index (χ3n) is 9.25. The first-order valence-corrected chi connectivity index (χ1v) is 16.1. The van der Waals surface area contributed by atoms with Gasteiger partial charge in [-0.05, 0) is 63.3 Å². The van der Waals surface area contributed by atoms with Crippen LogP contribution in [-0.2, 0) is 0 Å². The minimum Gasteiger partial charge on any atom is -0.454 e. The maximum absolute atomic E-state index is 6.68. The predicted octanol–water partition coefficient (Wildman–Crippen LogP) is 12.9. The zero-order chi connectivity index (χ0) is 29.5. The summed E-state index contributed by atoms with van der Waals surface area (Å²) in [4.78, 5) is 2.43. The fourth-order valence-electron chi connectivity index (χ4n) is 7.27. The van der Waals surface area contributed by atoms with Gasteiger partial charge in [0.1, 0.15) is 5.58 Å². The molecule has 0 saturated heterocycles. The highest BCUT2D eigenvalue weighted by atomic mass is 32.1. The summed E-state index contributed by atoms with van der Waals surface area (Å²) in [6.07, 6.45) is 0. The zero-order valence-corrected chi connectivity index (χ0v) is 25.0. The molecule has 0 spiro atoms. The van der Waals surface area contributed by atoms with Gasteiger partial charge in [-0.25, -0.2) is 0 Å². The zero-order valence-electron chi connectivity index (χ0n) is 24.2. The molecule has 0 aliphatic rings. The Labute approximate surface area is 263 Å². The molecule has 0 aliphatic heterocycles. The molecule has 45 heavy (non-hydrogen) atoms. The molecule has 2 heterocycles. The van der Waals surface area contributed by atoms with Crippen molar-refractivity contribution < 1.29 is 4.42 Å². The number of para-hydroxylation sites is 2. The normalized spacial score (nSPS) is 12.0. The van der Waals surface area contributed by atoms with E-state index < -0.39 is 0 Å². The van der Waals surface area contributed by atoms with E-state index in [9.17, 15) is 0 Å². The number of furan rings is 1. The van der Waals surface area contributed by atoms with Crippen LogP contribution in [-0.4, -0.2) is 0 Å². The fourth-order valence-corrected chi connectivity index (χ4v) is 8.40. The first-order chi connectivity index (χ1) is 22.3. The van der Waals surface area contributed by atoms with E-state index in [0.29, 0.717) is 0 Å². The van der Waals surface area contributed by atoms with Crippen molar-refractivity contribution in [1.29, 1.82) is 0 Å². The highest BCUT2D eigenvalue weighted by molar-refractivity contribution is 7.26. The van der Waals surface area contributed by atoms with Crippen molar-refractivity contribution in [2.24, 2.45) is 0 Å². The van der Waals surface area contributed by atoms with Gasteiger partial charge in [-0.15, -0.1) is 11.3 Å². The summed E-state index contributed by atoms with van der Waals surface area (Å²) >= 11 is 1.85. The number of hydrogen-bond acceptors (Lipinski definition) is 3. The Kier molecular flexibility index (Phi) is 5.19. The molecule has 8 aromatic carbocycles. The van der Waals surface area contributed by atoms with Gasteiger partial charge >= 0.3 is 0 Å². The molecule has 0 fully saturated rings. The van der Waals surface area contributed by atoms with Gasteiger partial charge in [0.2, 0.25) is 0 Å². The van der Waals surface area contributed by atoms with Crippen molar-refractivity contribution in [1.82, 2.24) is 0 Å². The number of rotatable bonds is 3. The molecule has 0 aliphatic carbocycles. The van der Waals surface area contributed by atoms with Crippen LogP contribution < -0.4 is 4.90 Å². The van der Waals surface area contributed by atoms with Gasteiger partial charge in [0.05, 0.1) is 17.1 Å². The summed E-state index contributed by atoms with van der Waals surface area (Å²) in [5.74, 6) is 0. The number of hydrogen-bond donors (Lipinski definition) is 0. The maximum Gasteiger partial charge on any atom is 0.159 e. The lowest BCUT2D eigenvalue weighted by atomic mass is 9.95. The smallest absolute Gasteiger partial charge is 0.159 e. The average molecular weight is 592 g/mol. The number of benzene rings is 8. The second-order valence-corrected chi connectivity index (χ2v) is 12.7. The Hall–Kier alpha value is -5.64. The lowest BCUT2D eigenvalue weighted by Crippen LogP contribution is -2.11. The second-order valence-electron chi connectivity index (χ2n) is 11.7. The molecule has 0 N–H and O–H groups in total. The molecule has 0 saturated carbocycles. The van der Waals surface area contributed by atoms with E-state index in [1.54, 1.807) is 0 Å². The largest absolute Gasteiger partial charge is 0.454 e. The summed E-state index contributed by atoms with van der Waals surface area (Å²) in [5.41, 5.74) is 5.08. The lowest BCUT2D eigenvalue weighted by molar-refractivity contribution is 0.669. The molecule has 210 valence electrons. The van der Waals surface area contributed by atoms with Crippen LogP contribution in [0.25, 0.3) is 74.4 Å². The van der Waals surface area contributed by atoms with Crippen molar-refractivity contribution in [2.45, 2.75) is 0 Å². The van der Waals surface area contributed by atoms with Crippen LogP contribution in [0.3, 0.4) is 0 Å². The van der Waals surface area contributed by atoms with E-state index in [4.69, 9.17) is 4.42 Å². The van der Waals surface area contributed by atoms with E-state index in [2.05, 4.69) is 150 Å². The Balaban J connectivity index is 1.35. The highest BCUT2D eigenvalue weighted by Crippen LogP contribution is 2.49. The van der Waals surface area contributed by atoms with E-state index in [0.717, 1.165) is 39.0 Å². The molecule has 0 radical (unpaired) electrons. The summed E-state index contributed by atoms with van der Waals surface area (Å²) in [6, 6.07) is 54.8. The molecular formula is C42H25NOS. The molecule has 10 aromatic rings. The van der Waals surface area contributed by atoms with Crippen LogP contribution >= 0.6 is 11.3 Å². The Morgan fingerprint density at radius 2 is 0.978 bits per heavy atom. The van der Waals surface area contributed by atoms with Crippen LogP contribution in [0.5, 0.6) is 0 Å². The van der Waals surface area contributed by atoms with Crippen molar-refractivity contribution in [3.05, 3.63) is 152 Å². The van der Waals surface area contributed by atoms with E-state index in [1.807, 2.05) is 17.4 Å². The van der Waals surface area contributed by atoms with Crippen LogP contribution in [0, 0.1) is 0 Å². The topological polar surface area (TPSA) is 16.4 Å². The molecule has 3 heteroatoms. The maximum atomic E-state index is 6.68. The fraction of sp³-hybridized carbons (Fsp3) is 0. The van der Waals surface area contributed by atoms with Crippen LogP contribution in [0.4, 0.5) is 17.1 Å². The molecule has 0 amide bonds. The minimum atomic E-state index is 0.888. The number of thiophene rings is 1. The molecule has 2 nitrogen and oxygen atoms in total. The van der Waals surface area contributed by atoms with Gasteiger partial charge in [0.15, 0.2) is 5.58 Å². The summed E-state index contributed by atoms with van der Waals surface area (Å²) in [6.45, 7) is 0. The van der Waals surface area contributed by atoms with Crippen molar-refractivity contribution in [3.8, 4) is 0 Å². The Bertz CT molecular complexity index is 2790.